The maximum atomic E-state index is 6.24. The first-order chi connectivity index (χ1) is 13.7. The molecule has 0 saturated carbocycles. The third-order valence-corrected chi connectivity index (χ3v) is 5.88. The van der Waals surface area contributed by atoms with E-state index in [9.17, 15) is 0 Å². The Morgan fingerprint density at radius 3 is 2.71 bits per heavy atom. The van der Waals surface area contributed by atoms with Crippen molar-refractivity contribution in [2.75, 3.05) is 26.2 Å². The number of hydrogen-bond donors (Lipinski definition) is 2. The third-order valence-electron chi connectivity index (χ3n) is 4.92. The van der Waals surface area contributed by atoms with Crippen LogP contribution in [0.3, 0.4) is 0 Å². The summed E-state index contributed by atoms with van der Waals surface area (Å²) < 4.78 is 12.8. The summed E-state index contributed by atoms with van der Waals surface area (Å²) in [6.07, 6.45) is 2.49. The van der Waals surface area contributed by atoms with Crippen LogP contribution in [0.25, 0.3) is 0 Å². The van der Waals surface area contributed by atoms with Gasteiger partial charge in [0.25, 0.3) is 0 Å². The molecule has 2 aromatic rings. The number of halogens is 2. The van der Waals surface area contributed by atoms with E-state index in [2.05, 4.69) is 38.7 Å². The molecule has 1 aliphatic rings. The van der Waals surface area contributed by atoms with Crippen LogP contribution < -0.4 is 20.1 Å². The predicted molar refractivity (Wildman–Crippen MR) is 118 cm³/mol. The average Bonchev–Trinajstić information content (AvgIpc) is 2.70. The molecule has 0 amide bonds. The molecule has 1 heterocycles. The van der Waals surface area contributed by atoms with Crippen LogP contribution in [0, 0.1) is 5.92 Å². The van der Waals surface area contributed by atoms with Crippen molar-refractivity contribution < 1.29 is 9.47 Å². The Hall–Kier alpha value is -1.27. The molecule has 0 radical (unpaired) electrons. The van der Waals surface area contributed by atoms with Gasteiger partial charge in [-0.05, 0) is 85.0 Å². The molecular weight excluding hydrogens is 440 g/mol. The summed E-state index contributed by atoms with van der Waals surface area (Å²) in [4.78, 5) is 0. The number of hydrogen-bond acceptors (Lipinski definition) is 4. The smallest absolute Gasteiger partial charge is 0.175 e. The van der Waals surface area contributed by atoms with Crippen LogP contribution >= 0.6 is 27.5 Å². The molecule has 2 N–H and O–H groups in total. The van der Waals surface area contributed by atoms with Gasteiger partial charge in [-0.15, -0.1) is 0 Å². The molecule has 4 nitrogen and oxygen atoms in total. The number of ether oxygens (including phenoxy) is 2. The van der Waals surface area contributed by atoms with Crippen molar-refractivity contribution in [1.29, 1.82) is 0 Å². The molecule has 0 bridgehead atoms. The van der Waals surface area contributed by atoms with E-state index >= 15 is 0 Å². The highest BCUT2D eigenvalue weighted by Gasteiger charge is 2.15. The predicted octanol–water partition coefficient (Wildman–Crippen LogP) is 5.17. The number of piperidine rings is 1. The highest BCUT2D eigenvalue weighted by Crippen LogP contribution is 2.37. The Morgan fingerprint density at radius 2 is 1.96 bits per heavy atom. The van der Waals surface area contributed by atoms with Gasteiger partial charge in [0.2, 0.25) is 0 Å². The molecule has 0 aliphatic carbocycles. The lowest BCUT2D eigenvalue weighted by atomic mass is 9.98. The highest BCUT2D eigenvalue weighted by atomic mass is 79.9. The first kappa shape index (κ1) is 21.4. The van der Waals surface area contributed by atoms with E-state index < -0.39 is 0 Å². The van der Waals surface area contributed by atoms with Crippen molar-refractivity contribution in [1.82, 2.24) is 10.6 Å². The van der Waals surface area contributed by atoms with Crippen LogP contribution in [-0.2, 0) is 13.2 Å². The highest BCUT2D eigenvalue weighted by molar-refractivity contribution is 9.10. The lowest BCUT2D eigenvalue weighted by molar-refractivity contribution is 0.267. The van der Waals surface area contributed by atoms with Crippen molar-refractivity contribution in [3.8, 4) is 11.5 Å². The van der Waals surface area contributed by atoms with Crippen LogP contribution in [0.1, 0.15) is 30.9 Å². The standard InChI is InChI=1S/C22H28BrClN2O2/c1-2-27-21-12-17(14-26-13-16-7-9-25-10-8-16)11-19(23)22(21)28-15-18-5-3-4-6-20(18)24/h3-6,11-12,16,25-26H,2,7-10,13-15H2,1H3. The fraction of sp³-hybridized carbons (Fsp3) is 0.455. The van der Waals surface area contributed by atoms with Gasteiger partial charge in [0, 0.05) is 17.1 Å². The second kappa shape index (κ2) is 11.1. The molecule has 0 aromatic heterocycles. The van der Waals surface area contributed by atoms with Crippen molar-refractivity contribution in [2.24, 2.45) is 5.92 Å². The van der Waals surface area contributed by atoms with Crippen LogP contribution in [0.15, 0.2) is 40.9 Å². The lowest BCUT2D eigenvalue weighted by Crippen LogP contribution is -2.33. The molecule has 28 heavy (non-hydrogen) atoms. The summed E-state index contributed by atoms with van der Waals surface area (Å²) in [7, 11) is 0. The zero-order valence-corrected chi connectivity index (χ0v) is 18.6. The normalized spacial score (nSPS) is 14.8. The Labute approximate surface area is 181 Å². The Balaban J connectivity index is 1.64. The summed E-state index contributed by atoms with van der Waals surface area (Å²) in [5, 5.41) is 7.71. The molecule has 1 aliphatic heterocycles. The quantitative estimate of drug-likeness (QED) is 0.534. The number of rotatable bonds is 9. The maximum absolute atomic E-state index is 6.24. The minimum absolute atomic E-state index is 0.395. The van der Waals surface area contributed by atoms with E-state index in [0.29, 0.717) is 24.0 Å². The number of benzene rings is 2. The molecule has 0 spiro atoms. The summed E-state index contributed by atoms with van der Waals surface area (Å²) in [5.41, 5.74) is 2.13. The second-order valence-electron chi connectivity index (χ2n) is 7.04. The molecular formula is C22H28BrClN2O2. The van der Waals surface area contributed by atoms with E-state index in [1.54, 1.807) is 0 Å². The number of nitrogens with one attached hydrogen (secondary N) is 2. The minimum Gasteiger partial charge on any atom is -0.490 e. The first-order valence-electron chi connectivity index (χ1n) is 9.90. The molecule has 1 saturated heterocycles. The van der Waals surface area contributed by atoms with E-state index in [-0.39, 0.29) is 0 Å². The zero-order chi connectivity index (χ0) is 19.8. The summed E-state index contributed by atoms with van der Waals surface area (Å²) >= 11 is 9.90. The molecule has 0 unspecified atom stereocenters. The lowest BCUT2D eigenvalue weighted by Gasteiger charge is -2.23. The minimum atomic E-state index is 0.395. The molecule has 2 aromatic carbocycles. The fourth-order valence-corrected chi connectivity index (χ4v) is 4.19. The maximum Gasteiger partial charge on any atom is 0.175 e. The van der Waals surface area contributed by atoms with E-state index in [4.69, 9.17) is 21.1 Å². The summed E-state index contributed by atoms with van der Waals surface area (Å²) in [6, 6.07) is 11.9. The molecule has 1 fully saturated rings. The second-order valence-corrected chi connectivity index (χ2v) is 8.30. The van der Waals surface area contributed by atoms with E-state index in [1.807, 2.05) is 31.2 Å². The van der Waals surface area contributed by atoms with Crippen LogP contribution in [0.4, 0.5) is 0 Å². The largest absolute Gasteiger partial charge is 0.490 e. The van der Waals surface area contributed by atoms with Gasteiger partial charge < -0.3 is 20.1 Å². The molecule has 6 heteroatoms. The Kier molecular flexibility index (Phi) is 8.46. The van der Waals surface area contributed by atoms with Crippen molar-refractivity contribution in [3.63, 3.8) is 0 Å². The van der Waals surface area contributed by atoms with Crippen molar-refractivity contribution in [2.45, 2.75) is 32.9 Å². The van der Waals surface area contributed by atoms with Crippen molar-refractivity contribution in [3.05, 3.63) is 57.0 Å². The van der Waals surface area contributed by atoms with E-state index in [0.717, 1.165) is 47.9 Å². The van der Waals surface area contributed by atoms with Gasteiger partial charge in [0.15, 0.2) is 11.5 Å². The van der Waals surface area contributed by atoms with Gasteiger partial charge in [-0.2, -0.15) is 0 Å². The van der Waals surface area contributed by atoms with Gasteiger partial charge in [-0.25, -0.2) is 0 Å². The first-order valence-corrected chi connectivity index (χ1v) is 11.1. The monoisotopic (exact) mass is 466 g/mol. The van der Waals surface area contributed by atoms with Gasteiger partial charge >= 0.3 is 0 Å². The summed E-state index contributed by atoms with van der Waals surface area (Å²) in [6.45, 7) is 7.08. The third kappa shape index (κ3) is 6.11. The molecule has 0 atom stereocenters. The van der Waals surface area contributed by atoms with Gasteiger partial charge in [-0.1, -0.05) is 29.8 Å². The van der Waals surface area contributed by atoms with Crippen LogP contribution in [0.2, 0.25) is 5.02 Å². The van der Waals surface area contributed by atoms with Crippen molar-refractivity contribution >= 4 is 27.5 Å². The van der Waals surface area contributed by atoms with Crippen LogP contribution in [0.5, 0.6) is 11.5 Å². The Bertz CT molecular complexity index is 766. The van der Waals surface area contributed by atoms with E-state index in [1.165, 1.54) is 18.4 Å². The topological polar surface area (TPSA) is 42.5 Å². The van der Waals surface area contributed by atoms with Gasteiger partial charge in [0.1, 0.15) is 6.61 Å². The fourth-order valence-electron chi connectivity index (χ4n) is 3.40. The average molecular weight is 468 g/mol. The molecule has 3 rings (SSSR count). The zero-order valence-electron chi connectivity index (χ0n) is 16.3. The summed E-state index contributed by atoms with van der Waals surface area (Å²) in [5.74, 6) is 2.22. The molecule has 152 valence electrons. The Morgan fingerprint density at radius 1 is 1.18 bits per heavy atom. The van der Waals surface area contributed by atoms with Gasteiger partial charge in [0.05, 0.1) is 11.1 Å². The SMILES string of the molecule is CCOc1cc(CNCC2CCNCC2)cc(Br)c1OCc1ccccc1Cl. The van der Waals surface area contributed by atoms with Crippen LogP contribution in [-0.4, -0.2) is 26.2 Å². The van der Waals surface area contributed by atoms with Gasteiger partial charge in [-0.3, -0.25) is 0 Å².